The summed E-state index contributed by atoms with van der Waals surface area (Å²) < 4.78 is 4.77. The van der Waals surface area contributed by atoms with Crippen LogP contribution in [0.3, 0.4) is 0 Å². The van der Waals surface area contributed by atoms with Crippen molar-refractivity contribution in [2.75, 3.05) is 7.11 Å². The molecule has 0 aliphatic heterocycles. The maximum atomic E-state index is 11.7. The maximum Gasteiger partial charge on any atom is 1.00 e. The summed E-state index contributed by atoms with van der Waals surface area (Å²) in [6.07, 6.45) is 2.85. The molecule has 0 fully saturated rings. The zero-order valence-electron chi connectivity index (χ0n) is 25.1. The average molecular weight is 783 g/mol. The molecule has 0 aliphatic rings. The van der Waals surface area contributed by atoms with Gasteiger partial charge in [0.2, 0.25) is 0 Å². The van der Waals surface area contributed by atoms with Crippen LogP contribution < -0.4 is 26.3 Å². The minimum Gasteiger partial charge on any atom is -0.493 e. The Morgan fingerprint density at radius 3 is 1.19 bits per heavy atom. The quantitative estimate of drug-likeness (QED) is 0.0615. The second-order valence-corrected chi connectivity index (χ2v) is 17.7. The van der Waals surface area contributed by atoms with Crippen LogP contribution >= 0.6 is 7.92 Å². The molecule has 0 N–H and O–H groups in total. The predicted octanol–water partition coefficient (Wildman–Crippen LogP) is 6.56. The minimum absolute atomic E-state index is 0. The molecule has 0 amide bonds. The van der Waals surface area contributed by atoms with Gasteiger partial charge in [-0.05, 0) is 28.9 Å². The summed E-state index contributed by atoms with van der Waals surface area (Å²) in [5.74, 6) is -0.432. The molecule has 0 atom stereocenters. The summed E-state index contributed by atoms with van der Waals surface area (Å²) in [5, 5.41) is 6.68. The van der Waals surface area contributed by atoms with Gasteiger partial charge in [-0.2, -0.15) is 0 Å². The van der Waals surface area contributed by atoms with Crippen LogP contribution in [0.2, 0.25) is 5.04 Å². The molecular weight excluding hydrogens is 744 g/mol. The third-order valence-electron chi connectivity index (χ3n) is 7.28. The molecule has 5 heteroatoms. The fraction of sp³-hybridized carbons (Fsp3) is 0.132. The van der Waals surface area contributed by atoms with Crippen LogP contribution in [-0.2, 0) is 31.9 Å². The van der Waals surface area contributed by atoms with Crippen LogP contribution in [0.5, 0.6) is 0 Å². The predicted molar refractivity (Wildman–Crippen MR) is 183 cm³/mol. The molecule has 0 saturated heterocycles. The third kappa shape index (κ3) is 8.63. The molecule has 0 saturated carbocycles. The average Bonchev–Trinajstić information content (AvgIpc) is 3.04. The summed E-state index contributed by atoms with van der Waals surface area (Å²) in [4.78, 5) is 11.7. The van der Waals surface area contributed by atoms with Gasteiger partial charge < -0.3 is 10.8 Å². The number of rotatable bonds is 7. The molecule has 222 valence electrons. The van der Waals surface area contributed by atoms with Crippen molar-refractivity contribution < 1.29 is 31.9 Å². The van der Waals surface area contributed by atoms with Gasteiger partial charge in [0.1, 0.15) is 14.0 Å². The second-order valence-electron chi connectivity index (χ2n) is 10.9. The topological polar surface area (TPSA) is 26.3 Å². The van der Waals surface area contributed by atoms with Crippen molar-refractivity contribution in [2.24, 2.45) is 0 Å². The zero-order chi connectivity index (χ0) is 29.8. The summed E-state index contributed by atoms with van der Waals surface area (Å²) in [7, 11) is -1.43. The Morgan fingerprint density at radius 2 is 0.907 bits per heavy atom. The molecule has 0 radical (unpaired) electrons. The van der Waals surface area contributed by atoms with Gasteiger partial charge in [0.25, 0.3) is 0 Å². The largest absolute Gasteiger partial charge is 1.00 e. The number of ether oxygens (including phenoxy) is 1. The molecule has 5 aromatic carbocycles. The van der Waals surface area contributed by atoms with Crippen molar-refractivity contribution in [3.05, 3.63) is 163 Å². The molecule has 0 unspecified atom stereocenters. The van der Waals surface area contributed by atoms with E-state index in [0.717, 1.165) is 0 Å². The van der Waals surface area contributed by atoms with Crippen molar-refractivity contribution in [1.82, 2.24) is 0 Å². The van der Waals surface area contributed by atoms with E-state index in [4.69, 9.17) is 4.74 Å². The summed E-state index contributed by atoms with van der Waals surface area (Å²) >= 11 is 0. The second kappa shape index (κ2) is 16.5. The number of hydrogen-bond donors (Lipinski definition) is 0. The maximum absolute atomic E-state index is 11.7. The first-order valence-corrected chi connectivity index (χ1v) is 17.5. The summed E-state index contributed by atoms with van der Waals surface area (Å²) in [6.45, 7) is 6.69. The van der Waals surface area contributed by atoms with Crippen molar-refractivity contribution in [3.63, 3.8) is 0 Å². The first-order chi connectivity index (χ1) is 20.4. The van der Waals surface area contributed by atoms with Crippen LogP contribution in [0.15, 0.2) is 157 Å². The van der Waals surface area contributed by atoms with Crippen LogP contribution in [0, 0.1) is 6.08 Å². The van der Waals surface area contributed by atoms with E-state index in [1.807, 2.05) is 17.8 Å². The Labute approximate surface area is 275 Å². The molecule has 5 rings (SSSR count). The molecule has 0 heterocycles. The molecule has 5 aromatic rings. The van der Waals surface area contributed by atoms with E-state index in [9.17, 15) is 4.79 Å². The Bertz CT molecular complexity index is 1410. The molecule has 0 aliphatic carbocycles. The molecule has 0 spiro atoms. The van der Waals surface area contributed by atoms with E-state index in [0.29, 0.717) is 0 Å². The van der Waals surface area contributed by atoms with Gasteiger partial charge in [-0.25, -0.2) is 0 Å². The fourth-order valence-electron chi connectivity index (χ4n) is 5.22. The van der Waals surface area contributed by atoms with Crippen LogP contribution in [-0.4, -0.2) is 21.2 Å². The van der Waals surface area contributed by atoms with Gasteiger partial charge in [0.15, 0.2) is 0 Å². The summed E-state index contributed by atoms with van der Waals surface area (Å²) in [5.41, 5.74) is 1.99. The van der Waals surface area contributed by atoms with Crippen LogP contribution in [0.1, 0.15) is 20.8 Å². The SMILES string of the molecule is COC(=O)[C-]=C[Si](c1ccccc1)(c1ccccc1)C(C)(C)C.[Au+].c1ccc(P(c2ccccc2)c2ccccc2)cc1. The summed E-state index contributed by atoms with van der Waals surface area (Å²) in [6, 6.07) is 53.2. The van der Waals surface area contributed by atoms with E-state index in [1.165, 1.54) is 33.4 Å². The van der Waals surface area contributed by atoms with Crippen LogP contribution in [0.4, 0.5) is 0 Å². The number of methoxy groups -OCH3 is 1. The smallest absolute Gasteiger partial charge is 0.493 e. The van der Waals surface area contributed by atoms with E-state index in [1.54, 1.807) is 0 Å². The van der Waals surface area contributed by atoms with E-state index in [-0.39, 0.29) is 27.4 Å². The minimum atomic E-state index is -2.37. The first kappa shape index (κ1) is 34.2. The van der Waals surface area contributed by atoms with E-state index >= 15 is 0 Å². The van der Waals surface area contributed by atoms with Gasteiger partial charge in [0, 0.05) is 0 Å². The molecule has 0 bridgehead atoms. The number of carbonyl (C=O) groups is 1. The van der Waals surface area contributed by atoms with Crippen molar-refractivity contribution in [3.8, 4) is 0 Å². The van der Waals surface area contributed by atoms with Gasteiger partial charge in [-0.3, -0.25) is 10.5 Å². The van der Waals surface area contributed by atoms with Crippen LogP contribution in [0.25, 0.3) is 0 Å². The van der Waals surface area contributed by atoms with Crippen molar-refractivity contribution >= 4 is 48.3 Å². The van der Waals surface area contributed by atoms with Crippen molar-refractivity contribution in [2.45, 2.75) is 25.8 Å². The standard InChI is InChI=1S/C20H23O2Si.C18H15P.Au/c1-20(2,3)23(16-15-19(21)22-4,17-11-7-5-8-12-17)18-13-9-6-10-14-18;1-4-10-16(11-5-1)19(17-12-6-2-7-13-17)18-14-8-3-9-15-18;/h5-14,16H,1-4H3;1-15H;/q-1;;+1. The van der Waals surface area contributed by atoms with Gasteiger partial charge in [0.05, 0.1) is 7.11 Å². The number of benzene rings is 5. The Balaban J connectivity index is 0.000000233. The third-order valence-corrected chi connectivity index (χ3v) is 15.2. The molecule has 2 nitrogen and oxygen atoms in total. The molecule has 43 heavy (non-hydrogen) atoms. The number of hydrogen-bond acceptors (Lipinski definition) is 2. The number of esters is 1. The van der Waals surface area contributed by atoms with E-state index in [2.05, 4.69) is 166 Å². The van der Waals surface area contributed by atoms with E-state index < -0.39 is 22.0 Å². The number of carbonyl (C=O) groups excluding carboxylic acids is 1. The monoisotopic (exact) mass is 782 g/mol. The molecule has 0 aromatic heterocycles. The fourth-order valence-corrected chi connectivity index (χ4v) is 12.1. The Kier molecular flexibility index (Phi) is 13.1. The zero-order valence-corrected chi connectivity index (χ0v) is 29.1. The molecular formula is C38H38AuO2PSi. The van der Waals surface area contributed by atoms with Gasteiger partial charge in [-0.15, -0.1) is 0 Å². The Morgan fingerprint density at radius 1 is 0.605 bits per heavy atom. The normalized spacial score (nSPS) is 11.3. The first-order valence-electron chi connectivity index (χ1n) is 14.1. The Hall–Kier alpha value is -3.30. The van der Waals surface area contributed by atoms with Gasteiger partial charge >= 0.3 is 22.4 Å². The van der Waals surface area contributed by atoms with Crippen molar-refractivity contribution in [1.29, 1.82) is 0 Å². The van der Waals surface area contributed by atoms with Gasteiger partial charge in [-0.1, -0.05) is 183 Å².